The van der Waals surface area contributed by atoms with Gasteiger partial charge in [0.15, 0.2) is 0 Å². The molecule has 0 bridgehead atoms. The molecule has 0 saturated carbocycles. The molecule has 0 aliphatic carbocycles. The normalized spacial score (nSPS) is 21.4. The second-order valence-corrected chi connectivity index (χ2v) is 10.0. The molecule has 0 radical (unpaired) electrons. The predicted octanol–water partition coefficient (Wildman–Crippen LogP) is 2.71. The second kappa shape index (κ2) is 7.45. The van der Waals surface area contributed by atoms with Gasteiger partial charge in [0.1, 0.15) is 0 Å². The Morgan fingerprint density at radius 3 is 2.70 bits per heavy atom. The number of fused-ring (bicyclic) bond motifs is 1. The number of carbonyl (C=O) groups excluding carboxylic acids is 1. The molecular formula is C19H24ClN3O3S. The van der Waals surface area contributed by atoms with Crippen LogP contribution < -0.4 is 0 Å². The number of rotatable bonds is 5. The van der Waals surface area contributed by atoms with E-state index in [1.54, 1.807) is 9.21 Å². The SMILES string of the molecule is O=C(CCn1ccc2cc(Cl)ccc21)N1CC[C@H](S(=O)(=O)N2CCCC2)C1. The van der Waals surface area contributed by atoms with Crippen LogP contribution in [0.25, 0.3) is 10.9 Å². The molecule has 146 valence electrons. The fourth-order valence-electron chi connectivity index (χ4n) is 4.09. The number of halogens is 1. The molecule has 2 aliphatic heterocycles. The van der Waals surface area contributed by atoms with Gasteiger partial charge in [-0.15, -0.1) is 0 Å². The minimum Gasteiger partial charge on any atom is -0.347 e. The lowest BCUT2D eigenvalue weighted by atomic mass is 10.2. The Kier molecular flexibility index (Phi) is 5.18. The average molecular weight is 410 g/mol. The van der Waals surface area contributed by atoms with Crippen molar-refractivity contribution in [3.63, 3.8) is 0 Å². The van der Waals surface area contributed by atoms with Crippen molar-refractivity contribution < 1.29 is 13.2 Å². The van der Waals surface area contributed by atoms with Crippen molar-refractivity contribution in [2.45, 2.75) is 37.5 Å². The molecule has 0 unspecified atom stereocenters. The predicted molar refractivity (Wildman–Crippen MR) is 106 cm³/mol. The van der Waals surface area contributed by atoms with Crippen molar-refractivity contribution >= 4 is 38.4 Å². The van der Waals surface area contributed by atoms with Gasteiger partial charge in [-0.2, -0.15) is 0 Å². The minimum absolute atomic E-state index is 0.0185. The number of benzene rings is 1. The van der Waals surface area contributed by atoms with E-state index in [-0.39, 0.29) is 5.91 Å². The highest BCUT2D eigenvalue weighted by Crippen LogP contribution is 2.25. The highest BCUT2D eigenvalue weighted by molar-refractivity contribution is 7.89. The first-order valence-electron chi connectivity index (χ1n) is 9.46. The van der Waals surface area contributed by atoms with E-state index in [2.05, 4.69) is 0 Å². The minimum atomic E-state index is -3.27. The Balaban J connectivity index is 1.36. The van der Waals surface area contributed by atoms with E-state index in [0.29, 0.717) is 50.6 Å². The lowest BCUT2D eigenvalue weighted by Gasteiger charge is -2.21. The van der Waals surface area contributed by atoms with Gasteiger partial charge < -0.3 is 9.47 Å². The van der Waals surface area contributed by atoms with E-state index in [0.717, 1.165) is 23.7 Å². The van der Waals surface area contributed by atoms with Gasteiger partial charge in [0.25, 0.3) is 0 Å². The summed E-state index contributed by atoms with van der Waals surface area (Å²) in [4.78, 5) is 14.3. The van der Waals surface area contributed by atoms with Crippen LogP contribution in [-0.2, 0) is 21.4 Å². The number of aromatic nitrogens is 1. The number of sulfonamides is 1. The smallest absolute Gasteiger partial charge is 0.224 e. The Morgan fingerprint density at radius 2 is 1.93 bits per heavy atom. The molecule has 1 atom stereocenters. The topological polar surface area (TPSA) is 62.6 Å². The summed E-state index contributed by atoms with van der Waals surface area (Å²) in [7, 11) is -3.27. The molecule has 4 rings (SSSR count). The number of amides is 1. The lowest BCUT2D eigenvalue weighted by molar-refractivity contribution is -0.130. The van der Waals surface area contributed by atoms with E-state index in [9.17, 15) is 13.2 Å². The van der Waals surface area contributed by atoms with Crippen LogP contribution >= 0.6 is 11.6 Å². The highest BCUT2D eigenvalue weighted by Gasteiger charge is 2.39. The molecule has 8 heteroatoms. The molecule has 27 heavy (non-hydrogen) atoms. The summed E-state index contributed by atoms with van der Waals surface area (Å²) in [5.41, 5.74) is 1.04. The first-order chi connectivity index (χ1) is 12.9. The third-order valence-electron chi connectivity index (χ3n) is 5.64. The molecule has 1 aromatic carbocycles. The van der Waals surface area contributed by atoms with Gasteiger partial charge in [0, 0.05) is 61.3 Å². The molecule has 2 aliphatic rings. The van der Waals surface area contributed by atoms with Crippen LogP contribution in [0.15, 0.2) is 30.5 Å². The van der Waals surface area contributed by atoms with E-state index >= 15 is 0 Å². The standard InChI is InChI=1S/C19H24ClN3O3S/c20-16-3-4-18-15(13-16)5-10-21(18)12-7-19(24)22-11-6-17(14-22)27(25,26)23-8-1-2-9-23/h3-5,10,13,17H,1-2,6-9,11-12,14H2/t17-/m0/s1. The van der Waals surface area contributed by atoms with Gasteiger partial charge in [0.2, 0.25) is 15.9 Å². The van der Waals surface area contributed by atoms with Crippen molar-refractivity contribution in [2.75, 3.05) is 26.2 Å². The number of hydrogen-bond acceptors (Lipinski definition) is 3. The van der Waals surface area contributed by atoms with Crippen LogP contribution in [0.5, 0.6) is 0 Å². The van der Waals surface area contributed by atoms with E-state index in [4.69, 9.17) is 11.6 Å². The fourth-order valence-corrected chi connectivity index (χ4v) is 6.23. The Morgan fingerprint density at radius 1 is 1.15 bits per heavy atom. The first kappa shape index (κ1) is 18.8. The van der Waals surface area contributed by atoms with Gasteiger partial charge in [0.05, 0.1) is 5.25 Å². The largest absolute Gasteiger partial charge is 0.347 e. The summed E-state index contributed by atoms with van der Waals surface area (Å²) in [5.74, 6) is 0.0185. The van der Waals surface area contributed by atoms with Crippen LogP contribution in [0, 0.1) is 0 Å². The van der Waals surface area contributed by atoms with Crippen molar-refractivity contribution in [3.05, 3.63) is 35.5 Å². The summed E-state index contributed by atoms with van der Waals surface area (Å²) in [5, 5.41) is 1.29. The molecule has 0 N–H and O–H groups in total. The number of hydrogen-bond donors (Lipinski definition) is 0. The third kappa shape index (κ3) is 3.73. The lowest BCUT2D eigenvalue weighted by Crippen LogP contribution is -2.39. The number of aryl methyl sites for hydroxylation is 1. The zero-order valence-electron chi connectivity index (χ0n) is 15.2. The number of carbonyl (C=O) groups is 1. The summed E-state index contributed by atoms with van der Waals surface area (Å²) in [6.45, 7) is 2.66. The van der Waals surface area contributed by atoms with Gasteiger partial charge >= 0.3 is 0 Å². The second-order valence-electron chi connectivity index (χ2n) is 7.36. The Hall–Kier alpha value is -1.57. The monoisotopic (exact) mass is 409 g/mol. The Labute approximate surface area is 164 Å². The maximum absolute atomic E-state index is 12.7. The van der Waals surface area contributed by atoms with Crippen LogP contribution in [0.2, 0.25) is 5.02 Å². The van der Waals surface area contributed by atoms with E-state index in [1.165, 1.54) is 0 Å². The third-order valence-corrected chi connectivity index (χ3v) is 8.19. The van der Waals surface area contributed by atoms with Crippen molar-refractivity contribution in [2.24, 2.45) is 0 Å². The van der Waals surface area contributed by atoms with Gasteiger partial charge in [-0.25, -0.2) is 12.7 Å². The highest BCUT2D eigenvalue weighted by atomic mass is 35.5. The van der Waals surface area contributed by atoms with Gasteiger partial charge in [-0.3, -0.25) is 4.79 Å². The molecule has 1 amide bonds. The fraction of sp³-hybridized carbons (Fsp3) is 0.526. The van der Waals surface area contributed by atoms with Crippen LogP contribution in [-0.4, -0.2) is 59.5 Å². The zero-order chi connectivity index (χ0) is 19.0. The molecule has 1 aromatic heterocycles. The molecule has 3 heterocycles. The van der Waals surface area contributed by atoms with Crippen LogP contribution in [0.1, 0.15) is 25.7 Å². The number of nitrogens with zero attached hydrogens (tertiary/aromatic N) is 3. The number of likely N-dealkylation sites (tertiary alicyclic amines) is 1. The zero-order valence-corrected chi connectivity index (χ0v) is 16.8. The summed E-state index contributed by atoms with van der Waals surface area (Å²) < 4.78 is 29.0. The molecule has 2 saturated heterocycles. The Bertz CT molecular complexity index is 950. The molecular weight excluding hydrogens is 386 g/mol. The average Bonchev–Trinajstić information content (AvgIpc) is 3.39. The van der Waals surface area contributed by atoms with Crippen molar-refractivity contribution in [3.8, 4) is 0 Å². The molecule has 2 aromatic rings. The van der Waals surface area contributed by atoms with Crippen molar-refractivity contribution in [1.29, 1.82) is 0 Å². The van der Waals surface area contributed by atoms with Gasteiger partial charge in [-0.05, 0) is 43.5 Å². The van der Waals surface area contributed by atoms with Crippen LogP contribution in [0.4, 0.5) is 0 Å². The first-order valence-corrected chi connectivity index (χ1v) is 11.3. The maximum Gasteiger partial charge on any atom is 0.224 e. The summed E-state index contributed by atoms with van der Waals surface area (Å²) >= 11 is 6.02. The maximum atomic E-state index is 12.7. The van der Waals surface area contributed by atoms with Gasteiger partial charge in [-0.1, -0.05) is 11.6 Å². The molecule has 2 fully saturated rings. The molecule has 6 nitrogen and oxygen atoms in total. The quantitative estimate of drug-likeness (QED) is 0.762. The summed E-state index contributed by atoms with van der Waals surface area (Å²) in [6.07, 6.45) is 4.73. The van der Waals surface area contributed by atoms with Crippen molar-refractivity contribution in [1.82, 2.24) is 13.8 Å². The van der Waals surface area contributed by atoms with Crippen LogP contribution in [0.3, 0.4) is 0 Å². The van der Waals surface area contributed by atoms with E-state index < -0.39 is 15.3 Å². The summed E-state index contributed by atoms with van der Waals surface area (Å²) in [6, 6.07) is 7.69. The molecule has 0 spiro atoms. The van der Waals surface area contributed by atoms with E-state index in [1.807, 2.05) is 35.0 Å².